The van der Waals surface area contributed by atoms with Crippen molar-refractivity contribution < 1.29 is 4.79 Å². The number of rotatable bonds is 7. The molecule has 4 nitrogen and oxygen atoms in total. The number of hydrogen-bond acceptors (Lipinski definition) is 2. The molecule has 0 radical (unpaired) electrons. The summed E-state index contributed by atoms with van der Waals surface area (Å²) in [6.45, 7) is 2.95. The van der Waals surface area contributed by atoms with Crippen molar-refractivity contribution in [2.24, 2.45) is 5.92 Å². The van der Waals surface area contributed by atoms with E-state index in [0.29, 0.717) is 12.3 Å². The van der Waals surface area contributed by atoms with Gasteiger partial charge in [0.2, 0.25) is 5.91 Å². The van der Waals surface area contributed by atoms with Gasteiger partial charge >= 0.3 is 0 Å². The molecule has 1 atom stereocenters. The molecular weight excluding hydrogens is 310 g/mol. The number of carbonyl (C=O) groups is 1. The Hall–Kier alpha value is -1.52. The quantitative estimate of drug-likeness (QED) is 0.681. The van der Waals surface area contributed by atoms with Crippen LogP contribution in [0.15, 0.2) is 30.5 Å². The molecule has 1 aliphatic heterocycles. The van der Waals surface area contributed by atoms with E-state index in [0.717, 1.165) is 38.9 Å². The molecule has 1 aliphatic rings. The van der Waals surface area contributed by atoms with Crippen molar-refractivity contribution in [3.05, 3.63) is 36.0 Å². The standard InChI is InChI=1S/C18H25N3O.ClH/c22-18(8-7-14-9-11-19-12-14)20-10-3-4-15-13-21-17-6-2-1-5-16(15)17;/h1-2,5-6,13-14,19,21H,3-4,7-12H2,(H,20,22);1H. The lowest BCUT2D eigenvalue weighted by molar-refractivity contribution is -0.121. The largest absolute Gasteiger partial charge is 0.361 e. The second-order valence-electron chi connectivity index (χ2n) is 6.21. The molecule has 2 aromatic rings. The first-order chi connectivity index (χ1) is 10.8. The number of benzene rings is 1. The third-order valence-electron chi connectivity index (χ3n) is 4.56. The van der Waals surface area contributed by atoms with Gasteiger partial charge in [-0.1, -0.05) is 18.2 Å². The van der Waals surface area contributed by atoms with E-state index < -0.39 is 0 Å². The number of halogens is 1. The highest BCUT2D eigenvalue weighted by atomic mass is 35.5. The average Bonchev–Trinajstić information content (AvgIpc) is 3.19. The van der Waals surface area contributed by atoms with E-state index in [1.165, 1.54) is 22.9 Å². The van der Waals surface area contributed by atoms with E-state index in [2.05, 4.69) is 40.0 Å². The van der Waals surface area contributed by atoms with Crippen LogP contribution in [0, 0.1) is 5.92 Å². The summed E-state index contributed by atoms with van der Waals surface area (Å²) in [6.07, 6.45) is 6.96. The van der Waals surface area contributed by atoms with Gasteiger partial charge in [-0.25, -0.2) is 0 Å². The Kier molecular flexibility index (Phi) is 6.93. The molecule has 126 valence electrons. The van der Waals surface area contributed by atoms with Crippen LogP contribution in [0.5, 0.6) is 0 Å². The Bertz CT molecular complexity index is 620. The molecular formula is C18H26ClN3O. The Morgan fingerprint density at radius 2 is 2.17 bits per heavy atom. The number of nitrogens with one attached hydrogen (secondary N) is 3. The zero-order chi connectivity index (χ0) is 15.2. The van der Waals surface area contributed by atoms with Crippen LogP contribution >= 0.6 is 12.4 Å². The number of aryl methyl sites for hydroxylation is 1. The SMILES string of the molecule is Cl.O=C(CCC1CCNC1)NCCCc1c[nH]c2ccccc12. The zero-order valence-electron chi connectivity index (χ0n) is 13.4. The van der Waals surface area contributed by atoms with E-state index in [9.17, 15) is 4.79 Å². The molecule has 0 saturated carbocycles. The Labute approximate surface area is 143 Å². The van der Waals surface area contributed by atoms with Gasteiger partial charge in [-0.05, 0) is 56.3 Å². The van der Waals surface area contributed by atoms with Crippen LogP contribution in [0.25, 0.3) is 10.9 Å². The van der Waals surface area contributed by atoms with Crippen LogP contribution in [-0.4, -0.2) is 30.5 Å². The number of carbonyl (C=O) groups excluding carboxylic acids is 1. The van der Waals surface area contributed by atoms with Crippen LogP contribution in [0.2, 0.25) is 0 Å². The molecule has 5 heteroatoms. The predicted octanol–water partition coefficient (Wildman–Crippen LogP) is 3.03. The monoisotopic (exact) mass is 335 g/mol. The summed E-state index contributed by atoms with van der Waals surface area (Å²) in [6, 6.07) is 8.36. The molecule has 1 saturated heterocycles. The molecule has 1 fully saturated rings. The molecule has 0 bridgehead atoms. The summed E-state index contributed by atoms with van der Waals surface area (Å²) >= 11 is 0. The first-order valence-electron chi connectivity index (χ1n) is 8.35. The predicted molar refractivity (Wildman–Crippen MR) is 97.1 cm³/mol. The smallest absolute Gasteiger partial charge is 0.220 e. The maximum atomic E-state index is 11.8. The first-order valence-corrected chi connectivity index (χ1v) is 8.35. The summed E-state index contributed by atoms with van der Waals surface area (Å²) < 4.78 is 0. The molecule has 3 rings (SSSR count). The van der Waals surface area contributed by atoms with Gasteiger partial charge in [-0.15, -0.1) is 12.4 Å². The number of H-pyrrole nitrogens is 1. The number of para-hydroxylation sites is 1. The summed E-state index contributed by atoms with van der Waals surface area (Å²) in [5, 5.41) is 7.69. The summed E-state index contributed by atoms with van der Waals surface area (Å²) in [7, 11) is 0. The topological polar surface area (TPSA) is 56.9 Å². The highest BCUT2D eigenvalue weighted by Gasteiger charge is 2.15. The van der Waals surface area contributed by atoms with E-state index >= 15 is 0 Å². The van der Waals surface area contributed by atoms with Crippen LogP contribution in [-0.2, 0) is 11.2 Å². The van der Waals surface area contributed by atoms with Crippen molar-refractivity contribution in [3.8, 4) is 0 Å². The molecule has 1 aromatic heterocycles. The maximum absolute atomic E-state index is 11.8. The Balaban J connectivity index is 0.00000192. The first kappa shape index (κ1) is 17.8. The van der Waals surface area contributed by atoms with E-state index in [4.69, 9.17) is 0 Å². The van der Waals surface area contributed by atoms with Gasteiger partial charge in [-0.3, -0.25) is 4.79 Å². The fraction of sp³-hybridized carbons (Fsp3) is 0.500. The van der Waals surface area contributed by atoms with Crippen molar-refractivity contribution in [3.63, 3.8) is 0 Å². The minimum atomic E-state index is 0. The van der Waals surface area contributed by atoms with Gasteiger partial charge < -0.3 is 15.6 Å². The van der Waals surface area contributed by atoms with Gasteiger partial charge in [0, 0.05) is 30.1 Å². The van der Waals surface area contributed by atoms with Gasteiger partial charge in [-0.2, -0.15) is 0 Å². The lowest BCUT2D eigenvalue weighted by Gasteiger charge is -2.08. The summed E-state index contributed by atoms with van der Waals surface area (Å²) in [4.78, 5) is 15.1. The van der Waals surface area contributed by atoms with E-state index in [-0.39, 0.29) is 18.3 Å². The van der Waals surface area contributed by atoms with Crippen molar-refractivity contribution in [2.75, 3.05) is 19.6 Å². The third-order valence-corrected chi connectivity index (χ3v) is 4.56. The van der Waals surface area contributed by atoms with Crippen LogP contribution in [0.4, 0.5) is 0 Å². The number of hydrogen-bond donors (Lipinski definition) is 3. The van der Waals surface area contributed by atoms with Gasteiger partial charge in [0.1, 0.15) is 0 Å². The molecule has 1 unspecified atom stereocenters. The molecule has 3 N–H and O–H groups in total. The van der Waals surface area contributed by atoms with Crippen LogP contribution in [0.1, 0.15) is 31.2 Å². The normalized spacial score (nSPS) is 17.1. The third kappa shape index (κ3) is 4.98. The summed E-state index contributed by atoms with van der Waals surface area (Å²) in [5.41, 5.74) is 2.52. The molecule has 1 amide bonds. The van der Waals surface area contributed by atoms with Gasteiger partial charge in [0.05, 0.1) is 0 Å². The van der Waals surface area contributed by atoms with E-state index in [1.807, 2.05) is 6.07 Å². The van der Waals surface area contributed by atoms with Crippen LogP contribution < -0.4 is 10.6 Å². The van der Waals surface area contributed by atoms with Crippen molar-refractivity contribution in [1.29, 1.82) is 0 Å². The lowest BCUT2D eigenvalue weighted by Crippen LogP contribution is -2.25. The number of aromatic amines is 1. The van der Waals surface area contributed by atoms with Crippen molar-refractivity contribution in [1.82, 2.24) is 15.6 Å². The fourth-order valence-electron chi connectivity index (χ4n) is 3.23. The molecule has 0 aliphatic carbocycles. The number of fused-ring (bicyclic) bond motifs is 1. The van der Waals surface area contributed by atoms with Crippen LogP contribution in [0.3, 0.4) is 0 Å². The zero-order valence-corrected chi connectivity index (χ0v) is 14.3. The van der Waals surface area contributed by atoms with E-state index in [1.54, 1.807) is 0 Å². The molecule has 1 aromatic carbocycles. The van der Waals surface area contributed by atoms with Crippen molar-refractivity contribution in [2.45, 2.75) is 32.1 Å². The molecule has 23 heavy (non-hydrogen) atoms. The average molecular weight is 336 g/mol. The second kappa shape index (κ2) is 8.94. The summed E-state index contributed by atoms with van der Waals surface area (Å²) in [5.74, 6) is 0.891. The minimum Gasteiger partial charge on any atom is -0.361 e. The van der Waals surface area contributed by atoms with Crippen molar-refractivity contribution >= 4 is 29.2 Å². The van der Waals surface area contributed by atoms with Gasteiger partial charge in [0.25, 0.3) is 0 Å². The second-order valence-corrected chi connectivity index (χ2v) is 6.21. The highest BCUT2D eigenvalue weighted by Crippen LogP contribution is 2.18. The number of aromatic nitrogens is 1. The molecule has 2 heterocycles. The Morgan fingerprint density at radius 1 is 1.30 bits per heavy atom. The fourth-order valence-corrected chi connectivity index (χ4v) is 3.23. The minimum absolute atomic E-state index is 0. The van der Waals surface area contributed by atoms with Gasteiger partial charge in [0.15, 0.2) is 0 Å². The maximum Gasteiger partial charge on any atom is 0.220 e. The molecule has 0 spiro atoms. The number of amides is 1. The Morgan fingerprint density at radius 3 is 3.00 bits per heavy atom. The lowest BCUT2D eigenvalue weighted by atomic mass is 10.0. The highest BCUT2D eigenvalue weighted by molar-refractivity contribution is 5.85.